The highest BCUT2D eigenvalue weighted by atomic mass is 16.5. The number of nitrogens with one attached hydrogen (secondary N) is 2. The van der Waals surface area contributed by atoms with E-state index in [1.54, 1.807) is 0 Å². The number of rotatable bonds is 2. The lowest BCUT2D eigenvalue weighted by atomic mass is 10.2. The van der Waals surface area contributed by atoms with E-state index in [9.17, 15) is 4.79 Å². The molecule has 0 aliphatic carbocycles. The summed E-state index contributed by atoms with van der Waals surface area (Å²) in [5, 5.41) is 6.16. The smallest absolute Gasteiger partial charge is 0.246 e. The van der Waals surface area contributed by atoms with Crippen LogP contribution in [0, 0.1) is 6.92 Å². The van der Waals surface area contributed by atoms with E-state index in [4.69, 9.17) is 4.74 Å². The lowest BCUT2D eigenvalue weighted by Gasteiger charge is -2.32. The second-order valence-corrected chi connectivity index (χ2v) is 5.31. The fourth-order valence-electron chi connectivity index (χ4n) is 2.44. The maximum atomic E-state index is 11.8. The molecule has 1 saturated heterocycles. The number of aromatic nitrogens is 2. The Morgan fingerprint density at radius 1 is 1.45 bits per heavy atom. The number of carbonyl (C=O) groups is 1. The first kappa shape index (κ1) is 13.1. The molecule has 20 heavy (non-hydrogen) atoms. The van der Waals surface area contributed by atoms with Crippen LogP contribution in [0.25, 0.3) is 0 Å². The number of nitrogens with zero attached hydrogens (tertiary/aromatic N) is 3. The first-order chi connectivity index (χ1) is 9.56. The van der Waals surface area contributed by atoms with Crippen LogP contribution in [0.15, 0.2) is 0 Å². The van der Waals surface area contributed by atoms with Gasteiger partial charge in [0.1, 0.15) is 11.7 Å². The molecular weight excluding hydrogens is 258 g/mol. The molecule has 1 amide bonds. The summed E-state index contributed by atoms with van der Waals surface area (Å²) in [4.78, 5) is 22.7. The number of fused-ring (bicyclic) bond motifs is 1. The van der Waals surface area contributed by atoms with E-state index < -0.39 is 0 Å². The number of hydrogen-bond acceptors (Lipinski definition) is 6. The van der Waals surface area contributed by atoms with Crippen molar-refractivity contribution in [2.75, 3.05) is 35.8 Å². The quantitative estimate of drug-likeness (QED) is 0.831. The highest BCUT2D eigenvalue weighted by Gasteiger charge is 2.30. The Morgan fingerprint density at radius 2 is 2.25 bits per heavy atom. The number of anilines is 3. The van der Waals surface area contributed by atoms with Crippen molar-refractivity contribution in [3.8, 4) is 0 Å². The normalized spacial score (nSPS) is 25.4. The minimum atomic E-state index is -0.237. The van der Waals surface area contributed by atoms with Crippen molar-refractivity contribution in [2.24, 2.45) is 0 Å². The standard InChI is InChI=1S/C13H19N5O2/c1-7-10-11(18(3)8(2)12(19)16-10)17-13(14-7)15-9-4-5-20-6-9/h8-9H,4-6H2,1-3H3,(H,16,19)(H,14,15,17)/t8-,9-/m0/s1. The van der Waals surface area contributed by atoms with Crippen molar-refractivity contribution in [3.63, 3.8) is 0 Å². The Hall–Kier alpha value is -1.89. The van der Waals surface area contributed by atoms with Gasteiger partial charge in [0, 0.05) is 13.7 Å². The van der Waals surface area contributed by atoms with Gasteiger partial charge in [-0.25, -0.2) is 4.98 Å². The van der Waals surface area contributed by atoms with Crippen LogP contribution in [0.4, 0.5) is 17.5 Å². The minimum absolute atomic E-state index is 0.0309. The van der Waals surface area contributed by atoms with Crippen LogP contribution in [0.1, 0.15) is 19.0 Å². The van der Waals surface area contributed by atoms with Crippen LogP contribution in [0.5, 0.6) is 0 Å². The molecule has 2 aliphatic rings. The van der Waals surface area contributed by atoms with Gasteiger partial charge in [0.25, 0.3) is 0 Å². The molecule has 1 aromatic rings. The molecule has 7 nitrogen and oxygen atoms in total. The summed E-state index contributed by atoms with van der Waals surface area (Å²) in [5.41, 5.74) is 1.47. The fraction of sp³-hybridized carbons (Fsp3) is 0.615. The zero-order chi connectivity index (χ0) is 14.3. The number of hydrogen-bond donors (Lipinski definition) is 2. The number of likely N-dealkylation sites (N-methyl/N-ethyl adjacent to an activating group) is 1. The second kappa shape index (κ2) is 4.90. The minimum Gasteiger partial charge on any atom is -0.379 e. The van der Waals surface area contributed by atoms with Gasteiger partial charge in [-0.15, -0.1) is 0 Å². The maximum absolute atomic E-state index is 11.8. The molecule has 0 aromatic carbocycles. The van der Waals surface area contributed by atoms with E-state index >= 15 is 0 Å². The average molecular weight is 277 g/mol. The Kier molecular flexibility index (Phi) is 3.21. The van der Waals surface area contributed by atoms with Crippen LogP contribution >= 0.6 is 0 Å². The molecule has 0 unspecified atom stereocenters. The van der Waals surface area contributed by atoms with Crippen LogP contribution in [0.3, 0.4) is 0 Å². The molecule has 108 valence electrons. The van der Waals surface area contributed by atoms with E-state index in [1.165, 1.54) is 0 Å². The summed E-state index contributed by atoms with van der Waals surface area (Å²) < 4.78 is 5.34. The molecule has 2 aliphatic heterocycles. The Labute approximate surface area is 117 Å². The summed E-state index contributed by atoms with van der Waals surface area (Å²) in [6.45, 7) is 5.19. The van der Waals surface area contributed by atoms with E-state index in [1.807, 2.05) is 25.8 Å². The Bertz CT molecular complexity index is 542. The second-order valence-electron chi connectivity index (χ2n) is 5.31. The molecule has 2 N–H and O–H groups in total. The predicted octanol–water partition coefficient (Wildman–Crippen LogP) is 0.763. The Balaban J connectivity index is 1.92. The van der Waals surface area contributed by atoms with Gasteiger partial charge in [0.05, 0.1) is 18.3 Å². The lowest BCUT2D eigenvalue weighted by Crippen LogP contribution is -2.45. The van der Waals surface area contributed by atoms with Gasteiger partial charge in [-0.2, -0.15) is 4.98 Å². The van der Waals surface area contributed by atoms with Crippen LogP contribution in [-0.4, -0.2) is 48.2 Å². The largest absolute Gasteiger partial charge is 0.379 e. The van der Waals surface area contributed by atoms with Crippen molar-refractivity contribution in [1.82, 2.24) is 9.97 Å². The van der Waals surface area contributed by atoms with E-state index in [-0.39, 0.29) is 18.0 Å². The molecule has 2 atom stereocenters. The molecule has 1 fully saturated rings. The van der Waals surface area contributed by atoms with Crippen LogP contribution < -0.4 is 15.5 Å². The van der Waals surface area contributed by atoms with Gasteiger partial charge < -0.3 is 20.3 Å². The van der Waals surface area contributed by atoms with E-state index in [0.717, 1.165) is 24.5 Å². The molecule has 3 heterocycles. The summed E-state index contributed by atoms with van der Waals surface area (Å²) in [6, 6.07) is 0.0211. The topological polar surface area (TPSA) is 79.4 Å². The van der Waals surface area contributed by atoms with Gasteiger partial charge in [-0.3, -0.25) is 4.79 Å². The molecule has 1 aromatic heterocycles. The SMILES string of the molecule is Cc1nc(N[C@H]2CCOC2)nc2c1NC(=O)[C@H](C)N2C. The Morgan fingerprint density at radius 3 is 2.95 bits per heavy atom. The van der Waals surface area contributed by atoms with E-state index in [0.29, 0.717) is 18.2 Å². The number of ether oxygens (including phenoxy) is 1. The summed E-state index contributed by atoms with van der Waals surface area (Å²) in [7, 11) is 1.87. The molecule has 0 saturated carbocycles. The zero-order valence-corrected chi connectivity index (χ0v) is 11.9. The third-order valence-electron chi connectivity index (χ3n) is 3.88. The van der Waals surface area contributed by atoms with Crippen LogP contribution in [-0.2, 0) is 9.53 Å². The molecule has 7 heteroatoms. The monoisotopic (exact) mass is 277 g/mol. The fourth-order valence-corrected chi connectivity index (χ4v) is 2.44. The molecule has 0 bridgehead atoms. The van der Waals surface area contributed by atoms with Crippen molar-refractivity contribution >= 4 is 23.4 Å². The number of amides is 1. The summed E-state index contributed by atoms with van der Waals surface area (Å²) >= 11 is 0. The highest BCUT2D eigenvalue weighted by Crippen LogP contribution is 2.32. The van der Waals surface area contributed by atoms with Crippen molar-refractivity contribution in [2.45, 2.75) is 32.4 Å². The van der Waals surface area contributed by atoms with Crippen molar-refractivity contribution in [1.29, 1.82) is 0 Å². The highest BCUT2D eigenvalue weighted by molar-refractivity contribution is 6.03. The zero-order valence-electron chi connectivity index (χ0n) is 11.9. The summed E-state index contributed by atoms with van der Waals surface area (Å²) in [6.07, 6.45) is 0.961. The third-order valence-corrected chi connectivity index (χ3v) is 3.88. The molecular formula is C13H19N5O2. The molecule has 0 radical (unpaired) electrons. The van der Waals surface area contributed by atoms with E-state index in [2.05, 4.69) is 20.6 Å². The van der Waals surface area contributed by atoms with Crippen LogP contribution in [0.2, 0.25) is 0 Å². The third kappa shape index (κ3) is 2.18. The average Bonchev–Trinajstić information content (AvgIpc) is 2.91. The van der Waals surface area contributed by atoms with Crippen molar-refractivity contribution < 1.29 is 9.53 Å². The van der Waals surface area contributed by atoms with Crippen molar-refractivity contribution in [3.05, 3.63) is 5.69 Å². The van der Waals surface area contributed by atoms with Gasteiger partial charge in [0.2, 0.25) is 11.9 Å². The van der Waals surface area contributed by atoms with Gasteiger partial charge >= 0.3 is 0 Å². The van der Waals surface area contributed by atoms with Gasteiger partial charge in [-0.1, -0.05) is 0 Å². The molecule has 3 rings (SSSR count). The predicted molar refractivity (Wildman–Crippen MR) is 76.1 cm³/mol. The van der Waals surface area contributed by atoms with Gasteiger partial charge in [-0.05, 0) is 20.3 Å². The number of aryl methyl sites for hydroxylation is 1. The lowest BCUT2D eigenvalue weighted by molar-refractivity contribution is -0.117. The molecule has 0 spiro atoms. The first-order valence-electron chi connectivity index (χ1n) is 6.83. The summed E-state index contributed by atoms with van der Waals surface area (Å²) in [5.74, 6) is 1.31. The van der Waals surface area contributed by atoms with Gasteiger partial charge in [0.15, 0.2) is 5.82 Å². The first-order valence-corrected chi connectivity index (χ1v) is 6.83. The number of carbonyl (C=O) groups excluding carboxylic acids is 1. The maximum Gasteiger partial charge on any atom is 0.246 e.